The lowest BCUT2D eigenvalue weighted by Crippen LogP contribution is -2.39. The number of amides is 1. The molecule has 0 aliphatic heterocycles. The van der Waals surface area contributed by atoms with Crippen LogP contribution in [0.3, 0.4) is 0 Å². The van der Waals surface area contributed by atoms with Crippen LogP contribution in [-0.4, -0.2) is 23.9 Å². The van der Waals surface area contributed by atoms with Gasteiger partial charge in [-0.3, -0.25) is 4.79 Å². The fourth-order valence-electron chi connectivity index (χ4n) is 2.80. The van der Waals surface area contributed by atoms with Crippen molar-refractivity contribution in [3.8, 4) is 6.07 Å². The number of nitriles is 1. The van der Waals surface area contributed by atoms with Gasteiger partial charge in [0, 0.05) is 25.4 Å². The van der Waals surface area contributed by atoms with Crippen LogP contribution < -0.4 is 0 Å². The molecule has 0 heterocycles. The third-order valence-corrected chi connectivity index (χ3v) is 4.24. The van der Waals surface area contributed by atoms with Crippen LogP contribution in [-0.2, 0) is 4.79 Å². The first-order valence-electron chi connectivity index (χ1n) is 7.69. The van der Waals surface area contributed by atoms with Crippen LogP contribution in [0.1, 0.15) is 65.2 Å². The van der Waals surface area contributed by atoms with E-state index < -0.39 is 0 Å². The molecule has 0 bridgehead atoms. The summed E-state index contributed by atoms with van der Waals surface area (Å²) in [6.45, 7) is 4.45. The molecule has 0 atom stereocenters. The van der Waals surface area contributed by atoms with Crippen molar-refractivity contribution in [3.63, 3.8) is 0 Å². The second-order valence-electron chi connectivity index (χ2n) is 6.28. The molecule has 0 spiro atoms. The fraction of sp³-hybridized carbons (Fsp3) is 0.875. The Labute approximate surface area is 118 Å². The standard InChI is InChI=1S/C16H28N2O/c1-13(2)6-4-5-7-16(19)18(3)15-10-8-14(12-17)9-11-15/h13-15H,4-11H2,1-3H3. The number of hydrogen-bond donors (Lipinski definition) is 0. The van der Waals surface area contributed by atoms with E-state index in [0.717, 1.165) is 44.4 Å². The molecule has 3 heteroatoms. The van der Waals surface area contributed by atoms with Crippen molar-refractivity contribution in [2.45, 2.75) is 71.3 Å². The Morgan fingerprint density at radius 3 is 2.42 bits per heavy atom. The minimum absolute atomic E-state index is 0.214. The lowest BCUT2D eigenvalue weighted by molar-refractivity contribution is -0.132. The van der Waals surface area contributed by atoms with Crippen LogP contribution >= 0.6 is 0 Å². The van der Waals surface area contributed by atoms with Gasteiger partial charge < -0.3 is 4.90 Å². The largest absolute Gasteiger partial charge is 0.343 e. The van der Waals surface area contributed by atoms with Crippen molar-refractivity contribution >= 4 is 5.91 Å². The molecule has 0 N–H and O–H groups in total. The molecular formula is C16H28N2O. The van der Waals surface area contributed by atoms with E-state index in [1.807, 2.05) is 11.9 Å². The number of rotatable bonds is 6. The maximum Gasteiger partial charge on any atom is 0.222 e. The molecule has 0 unspecified atom stereocenters. The SMILES string of the molecule is CC(C)CCCCC(=O)N(C)C1CCC(C#N)CC1. The summed E-state index contributed by atoms with van der Waals surface area (Å²) >= 11 is 0. The molecule has 3 nitrogen and oxygen atoms in total. The quantitative estimate of drug-likeness (QED) is 0.686. The summed E-state index contributed by atoms with van der Waals surface area (Å²) in [7, 11) is 1.93. The van der Waals surface area contributed by atoms with Crippen molar-refractivity contribution in [2.24, 2.45) is 11.8 Å². The highest BCUT2D eigenvalue weighted by atomic mass is 16.2. The first-order chi connectivity index (χ1) is 9.04. The van der Waals surface area contributed by atoms with E-state index in [0.29, 0.717) is 12.5 Å². The summed E-state index contributed by atoms with van der Waals surface area (Å²) in [5.74, 6) is 1.23. The van der Waals surface area contributed by atoms with Crippen molar-refractivity contribution in [2.75, 3.05) is 7.05 Å². The maximum absolute atomic E-state index is 12.1. The van der Waals surface area contributed by atoms with Crippen molar-refractivity contribution in [1.82, 2.24) is 4.90 Å². The van der Waals surface area contributed by atoms with Gasteiger partial charge in [0.1, 0.15) is 0 Å². The highest BCUT2D eigenvalue weighted by Gasteiger charge is 2.25. The van der Waals surface area contributed by atoms with E-state index in [2.05, 4.69) is 19.9 Å². The summed E-state index contributed by atoms with van der Waals surface area (Å²) in [5.41, 5.74) is 0. The van der Waals surface area contributed by atoms with Gasteiger partial charge in [-0.05, 0) is 38.0 Å². The van der Waals surface area contributed by atoms with E-state index in [9.17, 15) is 4.79 Å². The molecule has 0 saturated heterocycles. The Kier molecular flexibility index (Phi) is 6.91. The Hall–Kier alpha value is -1.04. The van der Waals surface area contributed by atoms with Gasteiger partial charge in [0.15, 0.2) is 0 Å². The van der Waals surface area contributed by atoms with Crippen molar-refractivity contribution in [1.29, 1.82) is 5.26 Å². The summed E-state index contributed by atoms with van der Waals surface area (Å²) in [4.78, 5) is 14.0. The van der Waals surface area contributed by atoms with Crippen LogP contribution in [0.5, 0.6) is 0 Å². The van der Waals surface area contributed by atoms with E-state index >= 15 is 0 Å². The zero-order chi connectivity index (χ0) is 14.3. The summed E-state index contributed by atoms with van der Waals surface area (Å²) < 4.78 is 0. The Balaban J connectivity index is 2.23. The minimum Gasteiger partial charge on any atom is -0.343 e. The molecule has 1 fully saturated rings. The van der Waals surface area contributed by atoms with Gasteiger partial charge in [-0.1, -0.05) is 26.7 Å². The van der Waals surface area contributed by atoms with Gasteiger partial charge in [-0.15, -0.1) is 0 Å². The zero-order valence-electron chi connectivity index (χ0n) is 12.7. The van der Waals surface area contributed by atoms with E-state index in [-0.39, 0.29) is 11.8 Å². The van der Waals surface area contributed by atoms with Gasteiger partial charge in [0.2, 0.25) is 5.91 Å². The highest BCUT2D eigenvalue weighted by Crippen LogP contribution is 2.27. The highest BCUT2D eigenvalue weighted by molar-refractivity contribution is 5.76. The molecule has 1 saturated carbocycles. The summed E-state index contributed by atoms with van der Waals surface area (Å²) in [6.07, 6.45) is 7.94. The first kappa shape index (κ1) is 16.0. The molecule has 0 aromatic rings. The average Bonchev–Trinajstić information content (AvgIpc) is 2.42. The van der Waals surface area contributed by atoms with Gasteiger partial charge in [-0.2, -0.15) is 5.26 Å². The van der Waals surface area contributed by atoms with Gasteiger partial charge in [0.05, 0.1) is 6.07 Å². The predicted octanol–water partition coefficient (Wildman–Crippen LogP) is 3.74. The van der Waals surface area contributed by atoms with Crippen LogP contribution in [0, 0.1) is 23.2 Å². The molecule has 0 aromatic heterocycles. The Morgan fingerprint density at radius 2 is 1.89 bits per heavy atom. The molecular weight excluding hydrogens is 236 g/mol. The minimum atomic E-state index is 0.214. The Bertz CT molecular complexity index is 311. The number of unbranched alkanes of at least 4 members (excludes halogenated alkanes) is 1. The topological polar surface area (TPSA) is 44.1 Å². The average molecular weight is 264 g/mol. The van der Waals surface area contributed by atoms with Crippen LogP contribution in [0.25, 0.3) is 0 Å². The predicted molar refractivity (Wildman–Crippen MR) is 77.4 cm³/mol. The second kappa shape index (κ2) is 8.19. The lowest BCUT2D eigenvalue weighted by Gasteiger charge is -2.33. The summed E-state index contributed by atoms with van der Waals surface area (Å²) in [5, 5.41) is 8.88. The molecule has 108 valence electrons. The van der Waals surface area contributed by atoms with Crippen molar-refractivity contribution < 1.29 is 4.79 Å². The third-order valence-electron chi connectivity index (χ3n) is 4.24. The molecule has 1 amide bonds. The van der Waals surface area contributed by atoms with Crippen LogP contribution in [0.2, 0.25) is 0 Å². The molecule has 0 aromatic carbocycles. The molecule has 1 rings (SSSR count). The number of hydrogen-bond acceptors (Lipinski definition) is 2. The molecule has 0 radical (unpaired) electrons. The van der Waals surface area contributed by atoms with E-state index in [4.69, 9.17) is 5.26 Å². The maximum atomic E-state index is 12.1. The monoisotopic (exact) mass is 264 g/mol. The van der Waals surface area contributed by atoms with Gasteiger partial charge >= 0.3 is 0 Å². The summed E-state index contributed by atoms with van der Waals surface area (Å²) in [6, 6.07) is 2.70. The van der Waals surface area contributed by atoms with Gasteiger partial charge in [0.25, 0.3) is 0 Å². The normalized spacial score (nSPS) is 23.1. The third kappa shape index (κ3) is 5.63. The second-order valence-corrected chi connectivity index (χ2v) is 6.28. The first-order valence-corrected chi connectivity index (χ1v) is 7.69. The zero-order valence-corrected chi connectivity index (χ0v) is 12.7. The fourth-order valence-corrected chi connectivity index (χ4v) is 2.80. The number of carbonyl (C=O) groups is 1. The van der Waals surface area contributed by atoms with Crippen molar-refractivity contribution in [3.05, 3.63) is 0 Å². The molecule has 1 aliphatic rings. The van der Waals surface area contributed by atoms with Crippen LogP contribution in [0.4, 0.5) is 0 Å². The smallest absolute Gasteiger partial charge is 0.222 e. The lowest BCUT2D eigenvalue weighted by atomic mass is 9.86. The molecule has 1 aliphatic carbocycles. The Morgan fingerprint density at radius 1 is 1.26 bits per heavy atom. The number of nitrogens with zero attached hydrogens (tertiary/aromatic N) is 2. The van der Waals surface area contributed by atoms with Gasteiger partial charge in [-0.25, -0.2) is 0 Å². The van der Waals surface area contributed by atoms with Crippen LogP contribution in [0.15, 0.2) is 0 Å². The molecule has 19 heavy (non-hydrogen) atoms. The number of carbonyl (C=O) groups excluding carboxylic acids is 1. The van der Waals surface area contributed by atoms with E-state index in [1.54, 1.807) is 0 Å². The van der Waals surface area contributed by atoms with E-state index in [1.165, 1.54) is 6.42 Å².